The maximum atomic E-state index is 13.1. The first kappa shape index (κ1) is 15.9. The van der Waals surface area contributed by atoms with Crippen molar-refractivity contribution >= 4 is 16.8 Å². The molecule has 5 nitrogen and oxygen atoms in total. The van der Waals surface area contributed by atoms with Gasteiger partial charge in [-0.3, -0.25) is 9.48 Å². The van der Waals surface area contributed by atoms with Gasteiger partial charge < -0.3 is 9.88 Å². The molecule has 2 aromatic heterocycles. The molecule has 1 aliphatic carbocycles. The summed E-state index contributed by atoms with van der Waals surface area (Å²) in [6.45, 7) is 5.55. The number of carbonyl (C=O) groups excluding carboxylic acids is 1. The molecule has 0 radical (unpaired) electrons. The fourth-order valence-electron chi connectivity index (χ4n) is 3.38. The van der Waals surface area contributed by atoms with Crippen LogP contribution in [0, 0.1) is 6.92 Å². The molecule has 1 aliphatic rings. The average molecular weight is 336 g/mol. The third-order valence-electron chi connectivity index (χ3n) is 4.85. The first-order valence-electron chi connectivity index (χ1n) is 9.06. The molecule has 1 aromatic carbocycles. The van der Waals surface area contributed by atoms with Crippen molar-refractivity contribution in [1.29, 1.82) is 0 Å². The van der Waals surface area contributed by atoms with Crippen molar-refractivity contribution in [2.75, 3.05) is 0 Å². The molecule has 1 amide bonds. The number of H-pyrrole nitrogens is 1. The minimum atomic E-state index is 0.108. The Balaban J connectivity index is 1.59. The predicted octanol–water partition coefficient (Wildman–Crippen LogP) is 3.89. The van der Waals surface area contributed by atoms with Gasteiger partial charge in [-0.15, -0.1) is 0 Å². The molecule has 1 fully saturated rings. The van der Waals surface area contributed by atoms with Crippen LogP contribution >= 0.6 is 0 Å². The Morgan fingerprint density at radius 2 is 2.20 bits per heavy atom. The molecule has 25 heavy (non-hydrogen) atoms. The lowest BCUT2D eigenvalue weighted by atomic mass is 10.1. The number of nitrogens with zero attached hydrogens (tertiary/aromatic N) is 3. The van der Waals surface area contributed by atoms with Crippen molar-refractivity contribution < 1.29 is 4.79 Å². The monoisotopic (exact) mass is 336 g/mol. The molecule has 0 unspecified atom stereocenters. The molecule has 5 heteroatoms. The summed E-state index contributed by atoms with van der Waals surface area (Å²) in [5.41, 5.74) is 3.86. The van der Waals surface area contributed by atoms with Gasteiger partial charge in [-0.25, -0.2) is 0 Å². The van der Waals surface area contributed by atoms with E-state index in [-0.39, 0.29) is 5.91 Å². The number of aryl methyl sites for hydroxylation is 2. The molecular weight excluding hydrogens is 312 g/mol. The van der Waals surface area contributed by atoms with Gasteiger partial charge >= 0.3 is 0 Å². The van der Waals surface area contributed by atoms with E-state index < -0.39 is 0 Å². The number of aromatic nitrogens is 3. The molecule has 130 valence electrons. The van der Waals surface area contributed by atoms with Crippen LogP contribution in [-0.2, 0) is 13.1 Å². The number of hydrogen-bond acceptors (Lipinski definition) is 2. The first-order valence-corrected chi connectivity index (χ1v) is 9.06. The zero-order valence-corrected chi connectivity index (χ0v) is 14.8. The van der Waals surface area contributed by atoms with E-state index in [9.17, 15) is 4.79 Å². The van der Waals surface area contributed by atoms with Crippen molar-refractivity contribution in [3.8, 4) is 0 Å². The van der Waals surface area contributed by atoms with Crippen molar-refractivity contribution in [1.82, 2.24) is 19.7 Å². The van der Waals surface area contributed by atoms with E-state index in [1.54, 1.807) is 0 Å². The largest absolute Gasteiger partial charge is 0.361 e. The molecule has 0 aliphatic heterocycles. The van der Waals surface area contributed by atoms with Gasteiger partial charge in [0.2, 0.25) is 0 Å². The second-order valence-corrected chi connectivity index (χ2v) is 6.95. The number of rotatable bonds is 6. The van der Waals surface area contributed by atoms with Crippen LogP contribution in [0.1, 0.15) is 47.8 Å². The van der Waals surface area contributed by atoms with Gasteiger partial charge in [-0.2, -0.15) is 5.10 Å². The predicted molar refractivity (Wildman–Crippen MR) is 98.4 cm³/mol. The van der Waals surface area contributed by atoms with Crippen LogP contribution in [0.15, 0.2) is 36.7 Å². The third kappa shape index (κ3) is 3.18. The molecule has 1 N–H and O–H groups in total. The topological polar surface area (TPSA) is 53.9 Å². The molecule has 1 saturated carbocycles. The molecule has 0 atom stereocenters. The highest BCUT2D eigenvalue weighted by Crippen LogP contribution is 2.30. The smallest absolute Gasteiger partial charge is 0.257 e. The Kier molecular flexibility index (Phi) is 4.07. The summed E-state index contributed by atoms with van der Waals surface area (Å²) in [5.74, 6) is 0.108. The van der Waals surface area contributed by atoms with Gasteiger partial charge in [0, 0.05) is 37.0 Å². The maximum absolute atomic E-state index is 13.1. The molecule has 0 spiro atoms. The van der Waals surface area contributed by atoms with Crippen molar-refractivity contribution in [2.24, 2.45) is 0 Å². The van der Waals surface area contributed by atoms with Crippen LogP contribution in [0.4, 0.5) is 0 Å². The third-order valence-corrected chi connectivity index (χ3v) is 4.85. The van der Waals surface area contributed by atoms with E-state index in [2.05, 4.69) is 41.3 Å². The summed E-state index contributed by atoms with van der Waals surface area (Å²) >= 11 is 0. The lowest BCUT2D eigenvalue weighted by Gasteiger charge is -2.22. The van der Waals surface area contributed by atoms with Crippen molar-refractivity contribution in [3.05, 3.63) is 53.5 Å². The van der Waals surface area contributed by atoms with Gasteiger partial charge in [-0.1, -0.05) is 13.0 Å². The van der Waals surface area contributed by atoms with Crippen LogP contribution in [0.3, 0.4) is 0 Å². The Labute approximate surface area is 147 Å². The Bertz CT molecular complexity index is 903. The molecule has 4 rings (SSSR count). The molecule has 2 heterocycles. The summed E-state index contributed by atoms with van der Waals surface area (Å²) < 4.78 is 1.89. The zero-order chi connectivity index (χ0) is 17.4. The van der Waals surface area contributed by atoms with Gasteiger partial charge in [-0.05, 0) is 55.3 Å². The number of hydrogen-bond donors (Lipinski definition) is 1. The van der Waals surface area contributed by atoms with E-state index >= 15 is 0 Å². The maximum Gasteiger partial charge on any atom is 0.257 e. The SMILES string of the molecule is CCCn1cc(C(=O)N(Cc2ccc3[nH]ccc3c2)C2CC2)c(C)n1. The second kappa shape index (κ2) is 6.39. The minimum absolute atomic E-state index is 0.108. The summed E-state index contributed by atoms with van der Waals surface area (Å²) in [6, 6.07) is 8.80. The first-order chi connectivity index (χ1) is 12.2. The summed E-state index contributed by atoms with van der Waals surface area (Å²) in [5, 5.41) is 5.68. The fourth-order valence-corrected chi connectivity index (χ4v) is 3.38. The summed E-state index contributed by atoms with van der Waals surface area (Å²) in [4.78, 5) is 18.4. The molecule has 0 saturated heterocycles. The number of fused-ring (bicyclic) bond motifs is 1. The zero-order valence-electron chi connectivity index (χ0n) is 14.8. The van der Waals surface area contributed by atoms with Gasteiger partial charge in [0.1, 0.15) is 0 Å². The van der Waals surface area contributed by atoms with E-state index in [0.717, 1.165) is 42.6 Å². The summed E-state index contributed by atoms with van der Waals surface area (Å²) in [6.07, 6.45) is 7.06. The fraction of sp³-hybridized carbons (Fsp3) is 0.400. The quantitative estimate of drug-likeness (QED) is 0.742. The number of carbonyl (C=O) groups is 1. The number of benzene rings is 1. The average Bonchev–Trinajstić information content (AvgIpc) is 3.22. The standard InChI is InChI=1S/C20H24N4O/c1-3-10-23-13-18(14(2)22-23)20(25)24(17-5-6-17)12-15-4-7-19-16(11-15)8-9-21-19/h4,7-9,11,13,17,21H,3,5-6,10,12H2,1-2H3. The molecule has 3 aromatic rings. The minimum Gasteiger partial charge on any atom is -0.361 e. The van der Waals surface area contributed by atoms with Gasteiger partial charge in [0.05, 0.1) is 11.3 Å². The van der Waals surface area contributed by atoms with Crippen LogP contribution in [0.5, 0.6) is 0 Å². The highest BCUT2D eigenvalue weighted by molar-refractivity contribution is 5.95. The van der Waals surface area contributed by atoms with Crippen LogP contribution in [0.2, 0.25) is 0 Å². The van der Waals surface area contributed by atoms with Gasteiger partial charge in [0.25, 0.3) is 5.91 Å². The normalized spacial score (nSPS) is 14.2. The van der Waals surface area contributed by atoms with E-state index in [4.69, 9.17) is 0 Å². The molecular formula is C20H24N4O. The lowest BCUT2D eigenvalue weighted by Crippen LogP contribution is -2.32. The highest BCUT2D eigenvalue weighted by Gasteiger charge is 2.34. The Morgan fingerprint density at radius 3 is 2.96 bits per heavy atom. The van der Waals surface area contributed by atoms with Crippen LogP contribution < -0.4 is 0 Å². The number of nitrogens with one attached hydrogen (secondary N) is 1. The van der Waals surface area contributed by atoms with E-state index in [1.807, 2.05) is 28.9 Å². The van der Waals surface area contributed by atoms with Gasteiger partial charge in [0.15, 0.2) is 0 Å². The van der Waals surface area contributed by atoms with Crippen molar-refractivity contribution in [3.63, 3.8) is 0 Å². The summed E-state index contributed by atoms with van der Waals surface area (Å²) in [7, 11) is 0. The highest BCUT2D eigenvalue weighted by atomic mass is 16.2. The molecule has 0 bridgehead atoms. The van der Waals surface area contributed by atoms with Crippen LogP contribution in [-0.4, -0.2) is 31.6 Å². The van der Waals surface area contributed by atoms with Crippen molar-refractivity contribution in [2.45, 2.75) is 52.2 Å². The van der Waals surface area contributed by atoms with E-state index in [1.165, 1.54) is 10.9 Å². The number of amides is 1. The van der Waals surface area contributed by atoms with E-state index in [0.29, 0.717) is 12.6 Å². The number of aromatic amines is 1. The Hall–Kier alpha value is -2.56. The lowest BCUT2D eigenvalue weighted by molar-refractivity contribution is 0.0729. The van der Waals surface area contributed by atoms with Crippen LogP contribution in [0.25, 0.3) is 10.9 Å². The second-order valence-electron chi connectivity index (χ2n) is 6.95. The Morgan fingerprint density at radius 1 is 1.36 bits per heavy atom.